The fourth-order valence-corrected chi connectivity index (χ4v) is 2.10. The van der Waals surface area contributed by atoms with Gasteiger partial charge in [0.2, 0.25) is 0 Å². The second kappa shape index (κ2) is 6.76. The molecule has 0 saturated heterocycles. The zero-order chi connectivity index (χ0) is 15.2. The summed E-state index contributed by atoms with van der Waals surface area (Å²) in [6.07, 6.45) is 3.25. The third-order valence-corrected chi connectivity index (χ3v) is 3.46. The molecule has 0 aliphatic carbocycles. The highest BCUT2D eigenvalue weighted by atomic mass is 16.5. The quantitative estimate of drug-likeness (QED) is 0.759. The summed E-state index contributed by atoms with van der Waals surface area (Å²) < 4.78 is 7.56. The van der Waals surface area contributed by atoms with Gasteiger partial charge in [-0.2, -0.15) is 0 Å². The lowest BCUT2D eigenvalue weighted by Crippen LogP contribution is -2.11. The number of aromatic nitrogens is 3. The van der Waals surface area contributed by atoms with Crippen molar-refractivity contribution in [1.29, 1.82) is 0 Å². The van der Waals surface area contributed by atoms with Crippen LogP contribution in [0.1, 0.15) is 16.7 Å². The first-order valence-corrected chi connectivity index (χ1v) is 7.16. The molecule has 0 aliphatic rings. The van der Waals surface area contributed by atoms with Crippen LogP contribution in [0.15, 0.2) is 61.2 Å². The summed E-state index contributed by atoms with van der Waals surface area (Å²) >= 11 is 0. The van der Waals surface area contributed by atoms with Crippen molar-refractivity contribution in [2.75, 3.05) is 5.43 Å². The zero-order valence-electron chi connectivity index (χ0n) is 12.4. The summed E-state index contributed by atoms with van der Waals surface area (Å²) in [4.78, 5) is 0. The van der Waals surface area contributed by atoms with Gasteiger partial charge in [0.15, 0.2) is 0 Å². The van der Waals surface area contributed by atoms with Crippen LogP contribution in [-0.4, -0.2) is 14.9 Å². The van der Waals surface area contributed by atoms with Gasteiger partial charge in [0.1, 0.15) is 25.0 Å². The van der Waals surface area contributed by atoms with E-state index in [1.54, 1.807) is 17.3 Å². The van der Waals surface area contributed by atoms with E-state index in [9.17, 15) is 0 Å². The zero-order valence-corrected chi connectivity index (χ0v) is 12.4. The molecule has 2 aromatic carbocycles. The molecule has 5 heteroatoms. The first kappa shape index (κ1) is 14.1. The van der Waals surface area contributed by atoms with Crippen LogP contribution in [-0.2, 0) is 13.2 Å². The predicted molar refractivity (Wildman–Crippen MR) is 85.0 cm³/mol. The molecule has 0 atom stereocenters. The van der Waals surface area contributed by atoms with Crippen molar-refractivity contribution in [2.45, 2.75) is 20.1 Å². The molecular weight excluding hydrogens is 276 g/mol. The fourth-order valence-electron chi connectivity index (χ4n) is 2.10. The van der Waals surface area contributed by atoms with Crippen molar-refractivity contribution < 1.29 is 4.74 Å². The van der Waals surface area contributed by atoms with E-state index in [-0.39, 0.29) is 0 Å². The Bertz CT molecular complexity index is 708. The smallest absolute Gasteiger partial charge is 0.138 e. The molecule has 0 unspecified atom stereocenters. The number of hydrogen-bond acceptors (Lipinski definition) is 4. The molecule has 3 rings (SSSR count). The van der Waals surface area contributed by atoms with Crippen LogP contribution >= 0.6 is 0 Å². The number of ether oxygens (including phenoxy) is 1. The average Bonchev–Trinajstić information content (AvgIpc) is 3.07. The van der Waals surface area contributed by atoms with E-state index in [2.05, 4.69) is 34.7 Å². The first-order chi connectivity index (χ1) is 10.8. The number of rotatable bonds is 6. The first-order valence-electron chi connectivity index (χ1n) is 7.16. The summed E-state index contributed by atoms with van der Waals surface area (Å²) in [6.45, 7) is 3.39. The number of nitrogens with one attached hydrogen (secondary N) is 1. The topological polar surface area (TPSA) is 52.0 Å². The Morgan fingerprint density at radius 1 is 1.00 bits per heavy atom. The summed E-state index contributed by atoms with van der Waals surface area (Å²) in [5.41, 5.74) is 6.80. The maximum absolute atomic E-state index is 5.83. The standard InChI is InChI=1S/C17H18N4O/c1-14-4-2-3-5-16(14)11-22-17-8-6-15(7-9-17)10-20-21-12-18-19-13-21/h2-9,12-13,20H,10-11H2,1H3. The van der Waals surface area contributed by atoms with E-state index in [1.807, 2.05) is 36.4 Å². The molecule has 5 nitrogen and oxygen atoms in total. The van der Waals surface area contributed by atoms with Gasteiger partial charge in [-0.25, -0.2) is 4.68 Å². The van der Waals surface area contributed by atoms with Crippen molar-refractivity contribution in [3.05, 3.63) is 77.9 Å². The largest absolute Gasteiger partial charge is 0.489 e. The van der Waals surface area contributed by atoms with Crippen molar-refractivity contribution in [3.63, 3.8) is 0 Å². The van der Waals surface area contributed by atoms with Gasteiger partial charge in [0, 0.05) is 0 Å². The molecule has 1 heterocycles. The molecule has 1 aromatic heterocycles. The Balaban J connectivity index is 1.54. The lowest BCUT2D eigenvalue weighted by molar-refractivity contribution is 0.305. The normalized spacial score (nSPS) is 10.4. The van der Waals surface area contributed by atoms with Gasteiger partial charge < -0.3 is 10.2 Å². The van der Waals surface area contributed by atoms with Gasteiger partial charge in [-0.15, -0.1) is 10.2 Å². The monoisotopic (exact) mass is 294 g/mol. The van der Waals surface area contributed by atoms with Crippen LogP contribution in [0, 0.1) is 6.92 Å². The second-order valence-corrected chi connectivity index (χ2v) is 5.06. The molecule has 112 valence electrons. The van der Waals surface area contributed by atoms with Crippen LogP contribution in [0.25, 0.3) is 0 Å². The van der Waals surface area contributed by atoms with Gasteiger partial charge in [0.05, 0.1) is 6.54 Å². The predicted octanol–water partition coefficient (Wildman–Crippen LogP) is 2.91. The minimum atomic E-state index is 0.588. The highest BCUT2D eigenvalue weighted by Crippen LogP contribution is 2.15. The minimum absolute atomic E-state index is 0.588. The van der Waals surface area contributed by atoms with E-state index in [1.165, 1.54) is 11.1 Å². The maximum Gasteiger partial charge on any atom is 0.138 e. The molecule has 3 aromatic rings. The van der Waals surface area contributed by atoms with Crippen molar-refractivity contribution >= 4 is 0 Å². The average molecular weight is 294 g/mol. The van der Waals surface area contributed by atoms with Crippen LogP contribution in [0.5, 0.6) is 5.75 Å². The second-order valence-electron chi connectivity index (χ2n) is 5.06. The van der Waals surface area contributed by atoms with Crippen LogP contribution in [0.4, 0.5) is 0 Å². The summed E-state index contributed by atoms with van der Waals surface area (Å²) in [6, 6.07) is 16.3. The Morgan fingerprint density at radius 3 is 2.45 bits per heavy atom. The Labute approximate surface area is 129 Å². The number of aryl methyl sites for hydroxylation is 1. The maximum atomic E-state index is 5.83. The van der Waals surface area contributed by atoms with Gasteiger partial charge in [-0.3, -0.25) is 0 Å². The molecular formula is C17H18N4O. The lowest BCUT2D eigenvalue weighted by atomic mass is 10.1. The Hall–Kier alpha value is -2.82. The summed E-state index contributed by atoms with van der Waals surface area (Å²) in [5.74, 6) is 0.872. The summed E-state index contributed by atoms with van der Waals surface area (Å²) in [5, 5.41) is 7.48. The van der Waals surface area contributed by atoms with E-state index in [0.29, 0.717) is 13.2 Å². The molecule has 0 aliphatic heterocycles. The Morgan fingerprint density at radius 2 is 1.73 bits per heavy atom. The van der Waals surface area contributed by atoms with Crippen LogP contribution < -0.4 is 10.2 Å². The molecule has 0 radical (unpaired) electrons. The fraction of sp³-hybridized carbons (Fsp3) is 0.176. The third kappa shape index (κ3) is 3.63. The van der Waals surface area contributed by atoms with Gasteiger partial charge in [0.25, 0.3) is 0 Å². The molecule has 1 N–H and O–H groups in total. The lowest BCUT2D eigenvalue weighted by Gasteiger charge is -2.10. The van der Waals surface area contributed by atoms with Gasteiger partial charge in [-0.1, -0.05) is 36.4 Å². The summed E-state index contributed by atoms with van der Waals surface area (Å²) in [7, 11) is 0. The molecule has 0 bridgehead atoms. The van der Waals surface area contributed by atoms with E-state index in [4.69, 9.17) is 4.74 Å². The van der Waals surface area contributed by atoms with Gasteiger partial charge in [-0.05, 0) is 35.7 Å². The molecule has 0 spiro atoms. The van der Waals surface area contributed by atoms with E-state index < -0.39 is 0 Å². The molecule has 0 saturated carbocycles. The van der Waals surface area contributed by atoms with E-state index in [0.717, 1.165) is 11.3 Å². The number of hydrogen-bond donors (Lipinski definition) is 1. The van der Waals surface area contributed by atoms with E-state index >= 15 is 0 Å². The van der Waals surface area contributed by atoms with Gasteiger partial charge >= 0.3 is 0 Å². The number of benzene rings is 2. The van der Waals surface area contributed by atoms with Crippen LogP contribution in [0.2, 0.25) is 0 Å². The highest BCUT2D eigenvalue weighted by Gasteiger charge is 2.00. The van der Waals surface area contributed by atoms with Crippen LogP contribution in [0.3, 0.4) is 0 Å². The molecule has 22 heavy (non-hydrogen) atoms. The van der Waals surface area contributed by atoms with Crippen molar-refractivity contribution in [1.82, 2.24) is 14.9 Å². The van der Waals surface area contributed by atoms with Crippen molar-refractivity contribution in [2.24, 2.45) is 0 Å². The Kier molecular flexibility index (Phi) is 4.34. The number of nitrogens with zero attached hydrogens (tertiary/aromatic N) is 3. The highest BCUT2D eigenvalue weighted by molar-refractivity contribution is 5.29. The third-order valence-electron chi connectivity index (χ3n) is 3.46. The minimum Gasteiger partial charge on any atom is -0.489 e. The molecule has 0 amide bonds. The SMILES string of the molecule is Cc1ccccc1COc1ccc(CNn2cnnc2)cc1. The van der Waals surface area contributed by atoms with Crippen molar-refractivity contribution in [3.8, 4) is 5.75 Å². The molecule has 0 fully saturated rings.